The van der Waals surface area contributed by atoms with E-state index in [1.54, 1.807) is 0 Å². The van der Waals surface area contributed by atoms with Crippen molar-refractivity contribution in [3.05, 3.63) is 0 Å². The predicted octanol–water partition coefficient (Wildman–Crippen LogP) is -1.14. The van der Waals surface area contributed by atoms with E-state index in [0.717, 1.165) is 19.3 Å². The van der Waals surface area contributed by atoms with Crippen LogP contribution in [0.15, 0.2) is 0 Å². The standard InChI is InChI=1S/C5H11N3O/c6-5(2-1-3-5)4(9)8-7/h1-3,6-7H2,(H,8,9). The maximum Gasteiger partial charge on any atom is 0.253 e. The molecule has 52 valence electrons. The van der Waals surface area contributed by atoms with Crippen molar-refractivity contribution in [2.45, 2.75) is 24.8 Å². The van der Waals surface area contributed by atoms with Crippen molar-refractivity contribution in [3.8, 4) is 0 Å². The van der Waals surface area contributed by atoms with Gasteiger partial charge >= 0.3 is 0 Å². The monoisotopic (exact) mass is 129 g/mol. The number of nitrogens with one attached hydrogen (secondary N) is 1. The molecule has 0 aromatic heterocycles. The zero-order chi connectivity index (χ0) is 6.91. The largest absolute Gasteiger partial charge is 0.317 e. The molecule has 0 heterocycles. The van der Waals surface area contributed by atoms with Crippen LogP contribution in [0.25, 0.3) is 0 Å². The van der Waals surface area contributed by atoms with Crippen molar-refractivity contribution in [3.63, 3.8) is 0 Å². The minimum atomic E-state index is -0.644. The third-order valence-electron chi connectivity index (χ3n) is 1.83. The van der Waals surface area contributed by atoms with Crippen LogP contribution in [0.2, 0.25) is 0 Å². The van der Waals surface area contributed by atoms with Gasteiger partial charge in [0.2, 0.25) is 0 Å². The highest BCUT2D eigenvalue weighted by Crippen LogP contribution is 2.28. The van der Waals surface area contributed by atoms with Gasteiger partial charge in [-0.1, -0.05) is 0 Å². The lowest BCUT2D eigenvalue weighted by Crippen LogP contribution is -2.59. The molecule has 0 atom stereocenters. The Morgan fingerprint density at radius 1 is 1.56 bits per heavy atom. The SMILES string of the molecule is NNC(=O)C1(N)CCC1. The summed E-state index contributed by atoms with van der Waals surface area (Å²) in [4.78, 5) is 10.8. The molecule has 1 aliphatic carbocycles. The fraction of sp³-hybridized carbons (Fsp3) is 0.800. The Labute approximate surface area is 53.6 Å². The van der Waals surface area contributed by atoms with Gasteiger partial charge in [-0.15, -0.1) is 0 Å². The fourth-order valence-electron chi connectivity index (χ4n) is 0.928. The molecule has 1 saturated carbocycles. The van der Waals surface area contributed by atoms with E-state index >= 15 is 0 Å². The van der Waals surface area contributed by atoms with E-state index in [4.69, 9.17) is 11.6 Å². The second kappa shape index (κ2) is 1.97. The molecule has 0 spiro atoms. The highest BCUT2D eigenvalue weighted by molar-refractivity contribution is 5.86. The van der Waals surface area contributed by atoms with Gasteiger partial charge in [0.15, 0.2) is 0 Å². The second-order valence-electron chi connectivity index (χ2n) is 2.48. The summed E-state index contributed by atoms with van der Waals surface area (Å²) in [5.74, 6) is 4.65. The van der Waals surface area contributed by atoms with Gasteiger partial charge in [-0.2, -0.15) is 0 Å². The van der Waals surface area contributed by atoms with Gasteiger partial charge in [0, 0.05) is 0 Å². The number of hydrogen-bond acceptors (Lipinski definition) is 3. The second-order valence-corrected chi connectivity index (χ2v) is 2.48. The lowest BCUT2D eigenvalue weighted by Gasteiger charge is -2.35. The van der Waals surface area contributed by atoms with E-state index < -0.39 is 5.54 Å². The zero-order valence-electron chi connectivity index (χ0n) is 5.18. The highest BCUT2D eigenvalue weighted by Gasteiger charge is 2.39. The van der Waals surface area contributed by atoms with Crippen molar-refractivity contribution < 1.29 is 4.79 Å². The van der Waals surface area contributed by atoms with Crippen LogP contribution in [-0.4, -0.2) is 11.4 Å². The molecule has 1 fully saturated rings. The first-order valence-corrected chi connectivity index (χ1v) is 2.99. The molecule has 9 heavy (non-hydrogen) atoms. The number of nitrogens with two attached hydrogens (primary N) is 2. The third kappa shape index (κ3) is 0.906. The molecule has 0 unspecified atom stereocenters. The number of rotatable bonds is 1. The average Bonchev–Trinajstić information content (AvgIpc) is 1.81. The molecular formula is C5H11N3O. The van der Waals surface area contributed by atoms with Crippen LogP contribution in [-0.2, 0) is 4.79 Å². The van der Waals surface area contributed by atoms with Gasteiger partial charge in [0.1, 0.15) is 0 Å². The van der Waals surface area contributed by atoms with Gasteiger partial charge in [-0.25, -0.2) is 5.84 Å². The molecule has 0 aromatic carbocycles. The van der Waals surface area contributed by atoms with Crippen molar-refractivity contribution in [2.75, 3.05) is 0 Å². The van der Waals surface area contributed by atoms with E-state index in [-0.39, 0.29) is 5.91 Å². The molecule has 4 heteroatoms. The molecule has 0 bridgehead atoms. The predicted molar refractivity (Wildman–Crippen MR) is 33.1 cm³/mol. The maximum atomic E-state index is 10.8. The Hall–Kier alpha value is -0.610. The Bertz CT molecular complexity index is 130. The first kappa shape index (κ1) is 6.51. The molecule has 0 aliphatic heterocycles. The lowest BCUT2D eigenvalue weighted by molar-refractivity contribution is -0.129. The van der Waals surface area contributed by atoms with Crippen molar-refractivity contribution in [1.82, 2.24) is 5.43 Å². The molecule has 1 rings (SSSR count). The summed E-state index contributed by atoms with van der Waals surface area (Å²) >= 11 is 0. The summed E-state index contributed by atoms with van der Waals surface area (Å²) in [5.41, 5.74) is 6.96. The Balaban J connectivity index is 2.49. The van der Waals surface area contributed by atoms with E-state index in [1.165, 1.54) is 0 Å². The molecule has 1 amide bonds. The molecule has 0 radical (unpaired) electrons. The summed E-state index contributed by atoms with van der Waals surface area (Å²) in [6.45, 7) is 0. The number of carbonyl (C=O) groups is 1. The number of carbonyl (C=O) groups excluding carboxylic acids is 1. The summed E-state index contributed by atoms with van der Waals surface area (Å²) in [7, 11) is 0. The van der Waals surface area contributed by atoms with Gasteiger partial charge in [-0.3, -0.25) is 10.2 Å². The number of hydrogen-bond donors (Lipinski definition) is 3. The van der Waals surface area contributed by atoms with Gasteiger partial charge in [-0.05, 0) is 19.3 Å². The van der Waals surface area contributed by atoms with E-state index in [0.29, 0.717) is 0 Å². The number of hydrazine groups is 1. The fourth-order valence-corrected chi connectivity index (χ4v) is 0.928. The van der Waals surface area contributed by atoms with Crippen LogP contribution in [0, 0.1) is 0 Å². The van der Waals surface area contributed by atoms with Crippen LogP contribution in [0.1, 0.15) is 19.3 Å². The van der Waals surface area contributed by atoms with Gasteiger partial charge < -0.3 is 5.73 Å². The third-order valence-corrected chi connectivity index (χ3v) is 1.83. The van der Waals surface area contributed by atoms with Crippen LogP contribution in [0.4, 0.5) is 0 Å². The molecule has 4 nitrogen and oxygen atoms in total. The van der Waals surface area contributed by atoms with Crippen molar-refractivity contribution in [1.29, 1.82) is 0 Å². The lowest BCUT2D eigenvalue weighted by atomic mass is 9.77. The molecule has 1 aliphatic rings. The first-order valence-electron chi connectivity index (χ1n) is 2.99. The maximum absolute atomic E-state index is 10.8. The van der Waals surface area contributed by atoms with Gasteiger partial charge in [0.05, 0.1) is 5.54 Å². The van der Waals surface area contributed by atoms with Crippen molar-refractivity contribution >= 4 is 5.91 Å². The van der Waals surface area contributed by atoms with Crippen LogP contribution in [0.5, 0.6) is 0 Å². The molecular weight excluding hydrogens is 118 g/mol. The van der Waals surface area contributed by atoms with Gasteiger partial charge in [0.25, 0.3) is 5.91 Å². The van der Waals surface area contributed by atoms with Crippen LogP contribution >= 0.6 is 0 Å². The first-order chi connectivity index (χ1) is 4.19. The summed E-state index contributed by atoms with van der Waals surface area (Å²) in [5, 5.41) is 0. The van der Waals surface area contributed by atoms with Crippen LogP contribution < -0.4 is 17.0 Å². The van der Waals surface area contributed by atoms with E-state index in [2.05, 4.69) is 0 Å². The normalized spacial score (nSPS) is 22.4. The molecule has 0 aromatic rings. The Morgan fingerprint density at radius 3 is 2.22 bits per heavy atom. The Morgan fingerprint density at radius 2 is 2.11 bits per heavy atom. The molecule has 5 N–H and O–H groups in total. The van der Waals surface area contributed by atoms with E-state index in [9.17, 15) is 4.79 Å². The molecule has 0 saturated heterocycles. The smallest absolute Gasteiger partial charge is 0.253 e. The Kier molecular flexibility index (Phi) is 1.42. The minimum Gasteiger partial charge on any atom is -0.317 e. The topological polar surface area (TPSA) is 81.1 Å². The quantitative estimate of drug-likeness (QED) is 0.238. The minimum absolute atomic E-state index is 0.242. The van der Waals surface area contributed by atoms with E-state index in [1.807, 2.05) is 5.43 Å². The van der Waals surface area contributed by atoms with Crippen molar-refractivity contribution in [2.24, 2.45) is 11.6 Å². The summed E-state index contributed by atoms with van der Waals surface area (Å²) < 4.78 is 0. The summed E-state index contributed by atoms with van der Waals surface area (Å²) in [6, 6.07) is 0. The average molecular weight is 129 g/mol. The summed E-state index contributed by atoms with van der Waals surface area (Å²) in [6.07, 6.45) is 2.55. The van der Waals surface area contributed by atoms with Crippen LogP contribution in [0.3, 0.4) is 0 Å². The zero-order valence-corrected chi connectivity index (χ0v) is 5.18. The highest BCUT2D eigenvalue weighted by atomic mass is 16.2. The number of amides is 1.